The molecule has 0 fully saturated rings. The van der Waals surface area contributed by atoms with E-state index in [0.29, 0.717) is 12.0 Å². The molecule has 0 aliphatic carbocycles. The maximum atomic E-state index is 5.73. The van der Waals surface area contributed by atoms with Gasteiger partial charge in [-0.15, -0.1) is 0 Å². The van der Waals surface area contributed by atoms with Crippen molar-refractivity contribution in [3.8, 4) is 5.75 Å². The molecule has 0 saturated carbocycles. The van der Waals surface area contributed by atoms with Crippen molar-refractivity contribution >= 4 is 0 Å². The first-order valence-electron chi connectivity index (χ1n) is 7.09. The van der Waals surface area contributed by atoms with Crippen molar-refractivity contribution in [3.63, 3.8) is 0 Å². The molecule has 2 rings (SSSR count). The highest BCUT2D eigenvalue weighted by Gasteiger charge is 2.23. The molecule has 1 aliphatic heterocycles. The maximum Gasteiger partial charge on any atom is 0.122 e. The van der Waals surface area contributed by atoms with E-state index in [9.17, 15) is 0 Å². The number of nitrogens with one attached hydrogen (secondary N) is 1. The summed E-state index contributed by atoms with van der Waals surface area (Å²) < 4.78 is 5.73. The predicted octanol–water partition coefficient (Wildman–Crippen LogP) is 3.58. The average molecular weight is 247 g/mol. The van der Waals surface area contributed by atoms with Crippen molar-refractivity contribution in [2.45, 2.75) is 45.1 Å². The molecule has 0 radical (unpaired) electrons. The monoisotopic (exact) mass is 247 g/mol. The van der Waals surface area contributed by atoms with E-state index in [1.54, 1.807) is 0 Å². The third kappa shape index (κ3) is 3.26. The van der Waals surface area contributed by atoms with Crippen LogP contribution in [0.1, 0.15) is 44.6 Å². The van der Waals surface area contributed by atoms with E-state index in [0.717, 1.165) is 24.7 Å². The fraction of sp³-hybridized carbons (Fsp3) is 0.625. The Morgan fingerprint density at radius 1 is 1.33 bits per heavy atom. The van der Waals surface area contributed by atoms with Crippen LogP contribution < -0.4 is 10.1 Å². The topological polar surface area (TPSA) is 21.3 Å². The lowest BCUT2D eigenvalue weighted by molar-refractivity contribution is 0.249. The molecule has 0 spiro atoms. The van der Waals surface area contributed by atoms with Crippen LogP contribution in [0.4, 0.5) is 0 Å². The van der Waals surface area contributed by atoms with Crippen molar-refractivity contribution < 1.29 is 4.74 Å². The van der Waals surface area contributed by atoms with E-state index in [4.69, 9.17) is 4.74 Å². The zero-order valence-corrected chi connectivity index (χ0v) is 11.8. The summed E-state index contributed by atoms with van der Waals surface area (Å²) in [6.07, 6.45) is 3.68. The minimum Gasteiger partial charge on any atom is -0.493 e. The highest BCUT2D eigenvalue weighted by molar-refractivity contribution is 5.37. The van der Waals surface area contributed by atoms with Crippen LogP contribution in [-0.4, -0.2) is 19.7 Å². The van der Waals surface area contributed by atoms with E-state index in [-0.39, 0.29) is 0 Å². The third-order valence-electron chi connectivity index (χ3n) is 4.02. The molecule has 0 bridgehead atoms. The van der Waals surface area contributed by atoms with E-state index >= 15 is 0 Å². The van der Waals surface area contributed by atoms with Crippen LogP contribution in [-0.2, 0) is 0 Å². The number of para-hydroxylation sites is 1. The van der Waals surface area contributed by atoms with Gasteiger partial charge in [-0.2, -0.15) is 0 Å². The second-order valence-corrected chi connectivity index (χ2v) is 5.64. The van der Waals surface area contributed by atoms with Crippen LogP contribution in [0, 0.1) is 5.92 Å². The highest BCUT2D eigenvalue weighted by Crippen LogP contribution is 2.37. The number of hydrogen-bond donors (Lipinski definition) is 1. The summed E-state index contributed by atoms with van der Waals surface area (Å²) in [6, 6.07) is 9.13. The Labute approximate surface area is 111 Å². The van der Waals surface area contributed by atoms with E-state index in [1.165, 1.54) is 18.4 Å². The van der Waals surface area contributed by atoms with Crippen molar-refractivity contribution in [1.82, 2.24) is 5.32 Å². The van der Waals surface area contributed by atoms with Gasteiger partial charge in [-0.3, -0.25) is 0 Å². The molecule has 0 aromatic heterocycles. The standard InChI is InChI=1S/C16H25NO/c1-12(10-13(2)17-3)11-14-8-9-18-16-7-5-4-6-15(14)16/h4-7,12-14,17H,8-11H2,1-3H3. The summed E-state index contributed by atoms with van der Waals surface area (Å²) in [6.45, 7) is 5.50. The third-order valence-corrected chi connectivity index (χ3v) is 4.02. The summed E-state index contributed by atoms with van der Waals surface area (Å²) in [7, 11) is 2.04. The Kier molecular flexibility index (Phi) is 4.65. The van der Waals surface area contributed by atoms with Crippen molar-refractivity contribution in [1.29, 1.82) is 0 Å². The van der Waals surface area contributed by atoms with Crippen LogP contribution in [0.3, 0.4) is 0 Å². The van der Waals surface area contributed by atoms with Crippen LogP contribution in [0.2, 0.25) is 0 Å². The lowest BCUT2D eigenvalue weighted by Gasteiger charge is -2.28. The van der Waals surface area contributed by atoms with Gasteiger partial charge in [-0.05, 0) is 56.7 Å². The fourth-order valence-electron chi connectivity index (χ4n) is 2.96. The van der Waals surface area contributed by atoms with E-state index in [2.05, 4.69) is 43.4 Å². The normalized spacial score (nSPS) is 21.8. The molecule has 1 aliphatic rings. The van der Waals surface area contributed by atoms with Crippen molar-refractivity contribution in [2.75, 3.05) is 13.7 Å². The molecular formula is C16H25NO. The average Bonchev–Trinajstić information content (AvgIpc) is 2.39. The fourth-order valence-corrected chi connectivity index (χ4v) is 2.96. The van der Waals surface area contributed by atoms with Gasteiger partial charge in [0.2, 0.25) is 0 Å². The SMILES string of the molecule is CNC(C)CC(C)CC1CCOc2ccccc21. The largest absolute Gasteiger partial charge is 0.493 e. The van der Waals surface area contributed by atoms with Crippen LogP contribution >= 0.6 is 0 Å². The summed E-state index contributed by atoms with van der Waals surface area (Å²) >= 11 is 0. The van der Waals surface area contributed by atoms with Crippen molar-refractivity contribution in [3.05, 3.63) is 29.8 Å². The molecule has 0 amide bonds. The smallest absolute Gasteiger partial charge is 0.122 e. The van der Waals surface area contributed by atoms with Gasteiger partial charge >= 0.3 is 0 Å². The van der Waals surface area contributed by atoms with Crippen LogP contribution in [0.5, 0.6) is 5.75 Å². The number of hydrogen-bond acceptors (Lipinski definition) is 2. The Morgan fingerprint density at radius 3 is 2.89 bits per heavy atom. The highest BCUT2D eigenvalue weighted by atomic mass is 16.5. The summed E-state index contributed by atoms with van der Waals surface area (Å²) in [5.74, 6) is 2.53. The molecule has 1 heterocycles. The van der Waals surface area contributed by atoms with E-state index in [1.807, 2.05) is 7.05 Å². The first-order chi connectivity index (χ1) is 8.70. The lowest BCUT2D eigenvalue weighted by atomic mass is 9.83. The molecule has 3 atom stereocenters. The van der Waals surface area contributed by atoms with E-state index < -0.39 is 0 Å². The first-order valence-corrected chi connectivity index (χ1v) is 7.09. The molecule has 3 unspecified atom stereocenters. The molecule has 1 aromatic rings. The number of fused-ring (bicyclic) bond motifs is 1. The van der Waals surface area contributed by atoms with Gasteiger partial charge < -0.3 is 10.1 Å². The Balaban J connectivity index is 1.98. The number of ether oxygens (including phenoxy) is 1. The van der Waals surface area contributed by atoms with Gasteiger partial charge in [-0.1, -0.05) is 25.1 Å². The molecule has 2 heteroatoms. The van der Waals surface area contributed by atoms with Gasteiger partial charge in [0.25, 0.3) is 0 Å². The molecule has 1 N–H and O–H groups in total. The van der Waals surface area contributed by atoms with Gasteiger partial charge in [0, 0.05) is 6.04 Å². The van der Waals surface area contributed by atoms with Gasteiger partial charge in [0.1, 0.15) is 5.75 Å². The quantitative estimate of drug-likeness (QED) is 0.858. The Morgan fingerprint density at radius 2 is 2.11 bits per heavy atom. The Hall–Kier alpha value is -1.02. The van der Waals surface area contributed by atoms with Gasteiger partial charge in [-0.25, -0.2) is 0 Å². The van der Waals surface area contributed by atoms with Gasteiger partial charge in [0.15, 0.2) is 0 Å². The van der Waals surface area contributed by atoms with Crippen LogP contribution in [0.25, 0.3) is 0 Å². The minimum atomic E-state index is 0.607. The zero-order chi connectivity index (χ0) is 13.0. The van der Waals surface area contributed by atoms with Crippen LogP contribution in [0.15, 0.2) is 24.3 Å². The number of benzene rings is 1. The molecule has 18 heavy (non-hydrogen) atoms. The molecular weight excluding hydrogens is 222 g/mol. The minimum absolute atomic E-state index is 0.607. The lowest BCUT2D eigenvalue weighted by Crippen LogP contribution is -2.25. The van der Waals surface area contributed by atoms with Crippen molar-refractivity contribution in [2.24, 2.45) is 5.92 Å². The second kappa shape index (κ2) is 6.24. The summed E-state index contributed by atoms with van der Waals surface area (Å²) in [5.41, 5.74) is 1.41. The molecule has 1 aromatic carbocycles. The Bertz CT molecular complexity index is 377. The van der Waals surface area contributed by atoms with Gasteiger partial charge in [0.05, 0.1) is 6.61 Å². The predicted molar refractivity (Wildman–Crippen MR) is 76.2 cm³/mol. The number of rotatable bonds is 5. The molecule has 2 nitrogen and oxygen atoms in total. The zero-order valence-electron chi connectivity index (χ0n) is 11.8. The summed E-state index contributed by atoms with van der Waals surface area (Å²) in [4.78, 5) is 0. The molecule has 100 valence electrons. The second-order valence-electron chi connectivity index (χ2n) is 5.64. The summed E-state index contributed by atoms with van der Waals surface area (Å²) in [5, 5.41) is 3.33. The first kappa shape index (κ1) is 13.4. The maximum absolute atomic E-state index is 5.73. The molecule has 0 saturated heterocycles.